The van der Waals surface area contributed by atoms with Crippen molar-refractivity contribution in [3.8, 4) is 11.1 Å². The lowest BCUT2D eigenvalue weighted by molar-refractivity contribution is 1.56. The average molecular weight is 220 g/mol. The highest BCUT2D eigenvalue weighted by Gasteiger charge is 1.95. The van der Waals surface area contributed by atoms with E-state index in [0.717, 1.165) is 5.57 Å². The first-order valence-corrected chi connectivity index (χ1v) is 5.75. The number of benzene rings is 2. The van der Waals surface area contributed by atoms with E-state index in [4.69, 9.17) is 0 Å². The molecule has 0 N–H and O–H groups in total. The molecular formula is C17H16. The molecule has 2 aromatic rings. The zero-order valence-corrected chi connectivity index (χ0v) is 10.1. The molecule has 17 heavy (non-hydrogen) atoms. The summed E-state index contributed by atoms with van der Waals surface area (Å²) in [6.07, 6.45) is 4.11. The van der Waals surface area contributed by atoms with Crippen LogP contribution in [0.4, 0.5) is 0 Å². The fourth-order valence-electron chi connectivity index (χ4n) is 1.66. The monoisotopic (exact) mass is 220 g/mol. The van der Waals surface area contributed by atoms with E-state index >= 15 is 0 Å². The van der Waals surface area contributed by atoms with Crippen LogP contribution in [-0.2, 0) is 0 Å². The molecule has 0 spiro atoms. The quantitative estimate of drug-likeness (QED) is 0.642. The third kappa shape index (κ3) is 3.18. The molecule has 0 aliphatic rings. The van der Waals surface area contributed by atoms with Crippen LogP contribution in [0.5, 0.6) is 0 Å². The third-order valence-electron chi connectivity index (χ3n) is 2.58. The van der Waals surface area contributed by atoms with Gasteiger partial charge in [0.25, 0.3) is 0 Å². The van der Waals surface area contributed by atoms with Gasteiger partial charge in [0, 0.05) is 0 Å². The Morgan fingerprint density at radius 3 is 2.06 bits per heavy atom. The molecule has 0 saturated carbocycles. The maximum atomic E-state index is 3.85. The van der Waals surface area contributed by atoms with Crippen LogP contribution in [0.2, 0.25) is 0 Å². The summed E-state index contributed by atoms with van der Waals surface area (Å²) in [5, 5.41) is 0. The van der Waals surface area contributed by atoms with E-state index in [9.17, 15) is 0 Å². The maximum Gasteiger partial charge on any atom is -0.0184 e. The van der Waals surface area contributed by atoms with Crippen LogP contribution in [0, 0.1) is 0 Å². The van der Waals surface area contributed by atoms with Crippen LogP contribution in [0.15, 0.2) is 72.8 Å². The van der Waals surface area contributed by atoms with Crippen LogP contribution in [0.25, 0.3) is 17.2 Å². The second-order valence-electron chi connectivity index (χ2n) is 4.17. The minimum Gasteiger partial charge on any atom is -0.0961 e. The van der Waals surface area contributed by atoms with Crippen LogP contribution in [0.1, 0.15) is 12.5 Å². The zero-order chi connectivity index (χ0) is 12.1. The van der Waals surface area contributed by atoms with E-state index in [1.54, 1.807) is 0 Å². The Balaban J connectivity index is 2.22. The number of hydrogen-bond acceptors (Lipinski definition) is 0. The van der Waals surface area contributed by atoms with E-state index in [-0.39, 0.29) is 0 Å². The van der Waals surface area contributed by atoms with E-state index < -0.39 is 0 Å². The van der Waals surface area contributed by atoms with Gasteiger partial charge in [-0.2, -0.15) is 0 Å². The van der Waals surface area contributed by atoms with Gasteiger partial charge in [0.1, 0.15) is 0 Å². The second kappa shape index (κ2) is 5.31. The topological polar surface area (TPSA) is 0 Å². The summed E-state index contributed by atoms with van der Waals surface area (Å²) in [5.74, 6) is 0. The molecule has 0 radical (unpaired) electrons. The molecule has 0 heteroatoms. The number of allylic oxidation sites excluding steroid dienone is 2. The predicted molar refractivity (Wildman–Crippen MR) is 75.7 cm³/mol. The molecule has 2 aromatic carbocycles. The van der Waals surface area contributed by atoms with Crippen LogP contribution in [0.3, 0.4) is 0 Å². The van der Waals surface area contributed by atoms with Crippen LogP contribution >= 0.6 is 0 Å². The summed E-state index contributed by atoms with van der Waals surface area (Å²) in [4.78, 5) is 0. The highest BCUT2D eigenvalue weighted by Crippen LogP contribution is 2.19. The summed E-state index contributed by atoms with van der Waals surface area (Å²) in [6, 6.07) is 18.9. The maximum absolute atomic E-state index is 3.85. The van der Waals surface area contributed by atoms with Crippen molar-refractivity contribution in [2.24, 2.45) is 0 Å². The fraction of sp³-hybridized carbons (Fsp3) is 0.0588. The second-order valence-corrected chi connectivity index (χ2v) is 4.17. The van der Waals surface area contributed by atoms with E-state index in [2.05, 4.69) is 61.2 Å². The molecule has 0 aromatic heterocycles. The summed E-state index contributed by atoms with van der Waals surface area (Å²) in [6.45, 7) is 5.84. The summed E-state index contributed by atoms with van der Waals surface area (Å²) in [5.41, 5.74) is 4.77. The standard InChI is InChI=1S/C17H16/c1-14(2)8-9-15-10-12-17(13-11-15)16-6-4-3-5-7-16/h3-13H,1H2,2H3. The largest absolute Gasteiger partial charge is 0.0961 e. The molecule has 0 fully saturated rings. The SMILES string of the molecule is C=C(C)C=Cc1ccc(-c2ccccc2)cc1. The lowest BCUT2D eigenvalue weighted by Gasteiger charge is -2.01. The normalized spacial score (nSPS) is 10.6. The summed E-state index contributed by atoms with van der Waals surface area (Å²) >= 11 is 0. The van der Waals surface area contributed by atoms with Gasteiger partial charge >= 0.3 is 0 Å². The zero-order valence-electron chi connectivity index (χ0n) is 10.1. The molecule has 0 bridgehead atoms. The smallest absolute Gasteiger partial charge is 0.0184 e. The van der Waals surface area contributed by atoms with Crippen LogP contribution in [-0.4, -0.2) is 0 Å². The molecule has 0 saturated heterocycles. The first-order chi connectivity index (χ1) is 8.25. The van der Waals surface area contributed by atoms with Gasteiger partial charge in [0.2, 0.25) is 0 Å². The first kappa shape index (κ1) is 11.4. The highest BCUT2D eigenvalue weighted by atomic mass is 14.0. The van der Waals surface area contributed by atoms with Gasteiger partial charge in [-0.3, -0.25) is 0 Å². The van der Waals surface area contributed by atoms with Gasteiger partial charge in [0.05, 0.1) is 0 Å². The Hall–Kier alpha value is -2.08. The van der Waals surface area contributed by atoms with Crippen molar-refractivity contribution in [3.05, 3.63) is 78.4 Å². The summed E-state index contributed by atoms with van der Waals surface area (Å²) in [7, 11) is 0. The highest BCUT2D eigenvalue weighted by molar-refractivity contribution is 5.65. The van der Waals surface area contributed by atoms with Crippen molar-refractivity contribution in [1.29, 1.82) is 0 Å². The van der Waals surface area contributed by atoms with Gasteiger partial charge in [-0.05, 0) is 23.6 Å². The third-order valence-corrected chi connectivity index (χ3v) is 2.58. The van der Waals surface area contributed by atoms with Crippen molar-refractivity contribution in [3.63, 3.8) is 0 Å². The predicted octanol–water partition coefficient (Wildman–Crippen LogP) is 4.94. The van der Waals surface area contributed by atoms with Crippen molar-refractivity contribution in [1.82, 2.24) is 0 Å². The van der Waals surface area contributed by atoms with E-state index in [0.29, 0.717) is 0 Å². The van der Waals surface area contributed by atoms with Crippen LogP contribution < -0.4 is 0 Å². The molecule has 2 rings (SSSR count). The Morgan fingerprint density at radius 1 is 0.882 bits per heavy atom. The van der Waals surface area contributed by atoms with Gasteiger partial charge < -0.3 is 0 Å². The Labute approximate surface area is 103 Å². The molecule has 0 nitrogen and oxygen atoms in total. The Morgan fingerprint density at radius 2 is 1.47 bits per heavy atom. The Bertz CT molecular complexity index is 516. The summed E-state index contributed by atoms with van der Waals surface area (Å²) < 4.78 is 0. The molecule has 84 valence electrons. The minimum atomic E-state index is 1.07. The van der Waals surface area contributed by atoms with E-state index in [1.807, 2.05) is 19.1 Å². The Kier molecular flexibility index (Phi) is 3.56. The van der Waals surface area contributed by atoms with Gasteiger partial charge in [-0.1, -0.05) is 78.9 Å². The average Bonchev–Trinajstić information content (AvgIpc) is 2.38. The molecular weight excluding hydrogens is 204 g/mol. The minimum absolute atomic E-state index is 1.07. The molecule has 0 aliphatic carbocycles. The fourth-order valence-corrected chi connectivity index (χ4v) is 1.66. The van der Waals surface area contributed by atoms with Gasteiger partial charge in [-0.25, -0.2) is 0 Å². The van der Waals surface area contributed by atoms with Gasteiger partial charge in [0.15, 0.2) is 0 Å². The number of rotatable bonds is 3. The molecule has 0 unspecified atom stereocenters. The van der Waals surface area contributed by atoms with Crippen molar-refractivity contribution >= 4 is 6.08 Å². The molecule has 0 aliphatic heterocycles. The number of hydrogen-bond donors (Lipinski definition) is 0. The van der Waals surface area contributed by atoms with Crippen molar-refractivity contribution in [2.45, 2.75) is 6.92 Å². The molecule has 0 amide bonds. The lowest BCUT2D eigenvalue weighted by atomic mass is 10.0. The van der Waals surface area contributed by atoms with E-state index in [1.165, 1.54) is 16.7 Å². The first-order valence-electron chi connectivity index (χ1n) is 5.75. The van der Waals surface area contributed by atoms with Crippen molar-refractivity contribution in [2.75, 3.05) is 0 Å². The van der Waals surface area contributed by atoms with Crippen molar-refractivity contribution < 1.29 is 0 Å². The lowest BCUT2D eigenvalue weighted by Crippen LogP contribution is -1.77. The van der Waals surface area contributed by atoms with Gasteiger partial charge in [-0.15, -0.1) is 0 Å². The molecule has 0 atom stereocenters. The molecule has 0 heterocycles.